The van der Waals surface area contributed by atoms with Gasteiger partial charge in [0.15, 0.2) is 0 Å². The number of benzene rings is 1. The highest BCUT2D eigenvalue weighted by molar-refractivity contribution is 7.89. The van der Waals surface area contributed by atoms with Crippen LogP contribution in [0.4, 0.5) is 0 Å². The van der Waals surface area contributed by atoms with Crippen molar-refractivity contribution in [3.05, 3.63) is 71.5 Å². The summed E-state index contributed by atoms with van der Waals surface area (Å²) in [6.45, 7) is 9.00. The second kappa shape index (κ2) is 11.2. The zero-order valence-corrected chi connectivity index (χ0v) is 16.9. The number of halogens is 1. The number of nitrogens with zero attached hydrogens (tertiary/aromatic N) is 1. The van der Waals surface area contributed by atoms with Crippen LogP contribution in [-0.2, 0) is 21.3 Å². The third-order valence-corrected chi connectivity index (χ3v) is 5.76. The van der Waals surface area contributed by atoms with Crippen molar-refractivity contribution in [2.24, 2.45) is 0 Å². The standard InChI is InChI=1S/C19H27ClN2O3S/c1-16(9-10-17(2)25-4)15-22(3)26(23,24)12-6-11-21-14-18-7-5-8-19(20)13-18/h5,7-10,13,21H,1-2,6,11-12,14-15H2,3-4H3. The second-order valence-corrected chi connectivity index (χ2v) is 8.53. The quantitative estimate of drug-likeness (QED) is 0.333. The summed E-state index contributed by atoms with van der Waals surface area (Å²) in [5.74, 6) is 0.566. The van der Waals surface area contributed by atoms with Gasteiger partial charge >= 0.3 is 0 Å². The van der Waals surface area contributed by atoms with Crippen LogP contribution in [0.15, 0.2) is 60.9 Å². The molecular formula is C19H27ClN2O3S. The first kappa shape index (κ1) is 22.4. The Labute approximate surface area is 162 Å². The zero-order valence-electron chi connectivity index (χ0n) is 15.4. The van der Waals surface area contributed by atoms with Crippen molar-refractivity contribution in [3.63, 3.8) is 0 Å². The predicted molar refractivity (Wildman–Crippen MR) is 109 cm³/mol. The summed E-state index contributed by atoms with van der Waals surface area (Å²) in [6, 6.07) is 7.57. The molecule has 0 aliphatic rings. The number of rotatable bonds is 12. The molecule has 26 heavy (non-hydrogen) atoms. The van der Waals surface area contributed by atoms with Crippen molar-refractivity contribution in [1.29, 1.82) is 0 Å². The molecule has 0 amide bonds. The van der Waals surface area contributed by atoms with Crippen molar-refractivity contribution < 1.29 is 13.2 Å². The average molecular weight is 399 g/mol. The molecule has 7 heteroatoms. The van der Waals surface area contributed by atoms with Crippen LogP contribution in [0, 0.1) is 0 Å². The van der Waals surface area contributed by atoms with Gasteiger partial charge in [-0.2, -0.15) is 0 Å². The summed E-state index contributed by atoms with van der Waals surface area (Å²) >= 11 is 5.93. The Balaban J connectivity index is 2.34. The molecule has 0 aromatic heterocycles. The highest BCUT2D eigenvalue weighted by atomic mass is 35.5. The molecule has 144 valence electrons. The molecule has 0 aliphatic carbocycles. The Morgan fingerprint density at radius 2 is 2.08 bits per heavy atom. The maximum absolute atomic E-state index is 12.3. The van der Waals surface area contributed by atoms with Crippen LogP contribution < -0.4 is 5.32 Å². The topological polar surface area (TPSA) is 58.6 Å². The van der Waals surface area contributed by atoms with E-state index in [0.29, 0.717) is 35.9 Å². The van der Waals surface area contributed by atoms with Gasteiger partial charge in [0.2, 0.25) is 10.0 Å². The van der Waals surface area contributed by atoms with E-state index < -0.39 is 10.0 Å². The van der Waals surface area contributed by atoms with Crippen molar-refractivity contribution in [1.82, 2.24) is 9.62 Å². The van der Waals surface area contributed by atoms with Gasteiger partial charge in [-0.25, -0.2) is 12.7 Å². The van der Waals surface area contributed by atoms with Gasteiger partial charge in [-0.3, -0.25) is 0 Å². The molecule has 0 saturated carbocycles. The van der Waals surface area contributed by atoms with Crippen LogP contribution in [-0.4, -0.2) is 45.7 Å². The molecule has 1 aromatic carbocycles. The fraction of sp³-hybridized carbons (Fsp3) is 0.368. The minimum absolute atomic E-state index is 0.0772. The maximum Gasteiger partial charge on any atom is 0.214 e. The average Bonchev–Trinajstić information content (AvgIpc) is 2.59. The Hall–Kier alpha value is -1.60. The number of hydrogen-bond acceptors (Lipinski definition) is 4. The van der Waals surface area contributed by atoms with E-state index in [1.165, 1.54) is 11.4 Å². The Kier molecular flexibility index (Phi) is 9.65. The van der Waals surface area contributed by atoms with Crippen LogP contribution in [0.25, 0.3) is 0 Å². The monoisotopic (exact) mass is 398 g/mol. The summed E-state index contributed by atoms with van der Waals surface area (Å²) in [7, 11) is -0.253. The number of hydrogen-bond donors (Lipinski definition) is 1. The molecular weight excluding hydrogens is 372 g/mol. The van der Waals surface area contributed by atoms with Crippen molar-refractivity contribution >= 4 is 21.6 Å². The Morgan fingerprint density at radius 3 is 2.73 bits per heavy atom. The van der Waals surface area contributed by atoms with E-state index in [1.807, 2.05) is 24.3 Å². The second-order valence-electron chi connectivity index (χ2n) is 5.89. The number of nitrogens with one attached hydrogen (secondary N) is 1. The van der Waals surface area contributed by atoms with Crippen LogP contribution in [0.1, 0.15) is 12.0 Å². The van der Waals surface area contributed by atoms with Gasteiger partial charge in [0.25, 0.3) is 0 Å². The van der Waals surface area contributed by atoms with Gasteiger partial charge in [-0.15, -0.1) is 0 Å². The van der Waals surface area contributed by atoms with E-state index in [4.69, 9.17) is 16.3 Å². The fourth-order valence-corrected chi connectivity index (χ4v) is 3.53. The van der Waals surface area contributed by atoms with Gasteiger partial charge < -0.3 is 10.1 Å². The molecule has 0 heterocycles. The summed E-state index contributed by atoms with van der Waals surface area (Å²) in [4.78, 5) is 0. The molecule has 0 aliphatic heterocycles. The molecule has 1 rings (SSSR count). The first-order valence-electron chi connectivity index (χ1n) is 8.22. The van der Waals surface area contributed by atoms with Crippen molar-refractivity contribution in [2.75, 3.05) is 33.0 Å². The van der Waals surface area contributed by atoms with Gasteiger partial charge in [-0.05, 0) is 42.3 Å². The van der Waals surface area contributed by atoms with Crippen molar-refractivity contribution in [3.8, 4) is 0 Å². The molecule has 5 nitrogen and oxygen atoms in total. The Morgan fingerprint density at radius 1 is 1.35 bits per heavy atom. The van der Waals surface area contributed by atoms with E-state index in [2.05, 4.69) is 18.5 Å². The number of allylic oxidation sites excluding steroid dienone is 1. The van der Waals surface area contributed by atoms with E-state index in [9.17, 15) is 8.42 Å². The van der Waals surface area contributed by atoms with Crippen LogP contribution >= 0.6 is 11.6 Å². The van der Waals surface area contributed by atoms with E-state index in [0.717, 1.165) is 5.56 Å². The molecule has 0 bridgehead atoms. The molecule has 0 unspecified atom stereocenters. The normalized spacial score (nSPS) is 11.8. The number of methoxy groups -OCH3 is 1. The Bertz CT molecular complexity index is 745. The molecule has 0 radical (unpaired) electrons. The number of ether oxygens (including phenoxy) is 1. The van der Waals surface area contributed by atoms with E-state index in [1.54, 1.807) is 19.2 Å². The third-order valence-electron chi connectivity index (χ3n) is 3.64. The lowest BCUT2D eigenvalue weighted by atomic mass is 10.2. The van der Waals surface area contributed by atoms with Crippen LogP contribution in [0.3, 0.4) is 0 Å². The van der Waals surface area contributed by atoms with Gasteiger partial charge in [0.05, 0.1) is 12.9 Å². The molecule has 0 spiro atoms. The molecule has 0 fully saturated rings. The maximum atomic E-state index is 12.3. The van der Waals surface area contributed by atoms with Crippen LogP contribution in [0.5, 0.6) is 0 Å². The third kappa shape index (κ3) is 8.67. The molecule has 1 N–H and O–H groups in total. The summed E-state index contributed by atoms with van der Waals surface area (Å²) in [6.07, 6.45) is 3.88. The summed E-state index contributed by atoms with van der Waals surface area (Å²) < 4.78 is 30.9. The van der Waals surface area contributed by atoms with Gasteiger partial charge in [0, 0.05) is 25.2 Å². The lowest BCUT2D eigenvalue weighted by Gasteiger charge is -2.17. The molecule has 0 atom stereocenters. The highest BCUT2D eigenvalue weighted by Crippen LogP contribution is 2.10. The number of likely N-dealkylation sites (N-methyl/N-ethyl adjacent to an activating group) is 1. The molecule has 1 aromatic rings. The van der Waals surface area contributed by atoms with Gasteiger partial charge in [0.1, 0.15) is 5.76 Å². The smallest absolute Gasteiger partial charge is 0.214 e. The summed E-state index contributed by atoms with van der Waals surface area (Å²) in [5, 5.41) is 3.92. The first-order chi connectivity index (χ1) is 12.2. The minimum Gasteiger partial charge on any atom is -0.497 e. The fourth-order valence-electron chi connectivity index (χ4n) is 2.13. The predicted octanol–water partition coefficient (Wildman–Crippen LogP) is 3.35. The van der Waals surface area contributed by atoms with E-state index >= 15 is 0 Å². The van der Waals surface area contributed by atoms with E-state index in [-0.39, 0.29) is 12.3 Å². The SMILES string of the molecule is C=C(C=CC(=C)OC)CN(C)S(=O)(=O)CCCNCc1cccc(Cl)c1. The molecule has 0 saturated heterocycles. The highest BCUT2D eigenvalue weighted by Gasteiger charge is 2.17. The zero-order chi connectivity index (χ0) is 19.6. The number of sulfonamides is 1. The lowest BCUT2D eigenvalue weighted by molar-refractivity contribution is 0.309. The first-order valence-corrected chi connectivity index (χ1v) is 10.2. The van der Waals surface area contributed by atoms with Crippen LogP contribution in [0.2, 0.25) is 5.02 Å². The lowest BCUT2D eigenvalue weighted by Crippen LogP contribution is -2.31. The van der Waals surface area contributed by atoms with Crippen molar-refractivity contribution in [2.45, 2.75) is 13.0 Å². The summed E-state index contributed by atoms with van der Waals surface area (Å²) in [5.41, 5.74) is 1.73. The minimum atomic E-state index is -3.33. The largest absolute Gasteiger partial charge is 0.497 e. The van der Waals surface area contributed by atoms with Gasteiger partial charge in [-0.1, -0.05) is 43.0 Å².